The first-order valence-electron chi connectivity index (χ1n) is 6.98. The lowest BCUT2D eigenvalue weighted by molar-refractivity contribution is -0.124. The van der Waals surface area contributed by atoms with Crippen molar-refractivity contribution in [2.75, 3.05) is 29.8 Å². The van der Waals surface area contributed by atoms with Crippen molar-refractivity contribution in [3.8, 4) is 0 Å². The Labute approximate surface area is 129 Å². The minimum atomic E-state index is -3.24. The molecule has 1 amide bonds. The number of carbonyl (C=O) groups is 2. The lowest BCUT2D eigenvalue weighted by Gasteiger charge is -2.16. The summed E-state index contributed by atoms with van der Waals surface area (Å²) in [6, 6.07) is 6.10. The Bertz CT molecular complexity index is 654. The molecule has 0 bridgehead atoms. The molecule has 1 aromatic carbocycles. The molecule has 2 rings (SSSR count). The molecule has 1 heterocycles. The molecule has 1 aliphatic heterocycles. The summed E-state index contributed by atoms with van der Waals surface area (Å²) < 4.78 is 29.8. The molecule has 22 heavy (non-hydrogen) atoms. The van der Waals surface area contributed by atoms with E-state index in [2.05, 4.69) is 5.32 Å². The molecule has 0 unspecified atom stereocenters. The van der Waals surface area contributed by atoms with Crippen molar-refractivity contribution in [1.29, 1.82) is 0 Å². The molecular weight excluding hydrogens is 308 g/mol. The number of likely N-dealkylation sites (N-methyl/N-ethyl adjacent to an activating group) is 1. The van der Waals surface area contributed by atoms with Crippen LogP contribution in [0, 0.1) is 0 Å². The maximum atomic E-state index is 11.8. The average Bonchev–Trinajstić information content (AvgIpc) is 2.85. The number of carbonyl (C=O) groups excluding carboxylic acids is 2. The Morgan fingerprint density at radius 2 is 1.95 bits per heavy atom. The van der Waals surface area contributed by atoms with Gasteiger partial charge in [-0.1, -0.05) is 0 Å². The fraction of sp³-hybridized carbons (Fsp3) is 0.429. The third kappa shape index (κ3) is 3.76. The number of nitrogens with zero attached hydrogens (tertiary/aromatic N) is 1. The Balaban J connectivity index is 2.00. The zero-order valence-electron chi connectivity index (χ0n) is 12.2. The minimum absolute atomic E-state index is 0.142. The van der Waals surface area contributed by atoms with Gasteiger partial charge in [0, 0.05) is 13.1 Å². The van der Waals surface area contributed by atoms with Crippen molar-refractivity contribution >= 4 is 27.6 Å². The Morgan fingerprint density at radius 1 is 1.27 bits per heavy atom. The third-order valence-corrected chi connectivity index (χ3v) is 5.07. The summed E-state index contributed by atoms with van der Waals surface area (Å²) in [5.74, 6) is -0.846. The summed E-state index contributed by atoms with van der Waals surface area (Å²) in [5.41, 5.74) is 0.794. The van der Waals surface area contributed by atoms with E-state index >= 15 is 0 Å². The molecule has 120 valence electrons. The van der Waals surface area contributed by atoms with Gasteiger partial charge in [0.25, 0.3) is 5.91 Å². The molecule has 1 aliphatic rings. The Hall–Kier alpha value is -2.09. The minimum Gasteiger partial charge on any atom is -0.452 e. The summed E-state index contributed by atoms with van der Waals surface area (Å²) in [7, 11) is -3.24. The van der Waals surface area contributed by atoms with Crippen molar-refractivity contribution in [3.05, 3.63) is 29.8 Å². The maximum Gasteiger partial charge on any atom is 0.338 e. The first-order valence-corrected chi connectivity index (χ1v) is 8.59. The van der Waals surface area contributed by atoms with E-state index in [0.717, 1.165) is 0 Å². The molecule has 0 aromatic heterocycles. The third-order valence-electron chi connectivity index (χ3n) is 3.20. The zero-order valence-corrected chi connectivity index (χ0v) is 13.1. The molecule has 0 saturated carbocycles. The standard InChI is InChI=1S/C14H18N2O5S/c1-2-15-13(17)10-21-14(18)11-4-6-12(7-5-11)16-8-3-9-22(16,19)20/h4-7H,2-3,8-10H2,1H3,(H,15,17). The summed E-state index contributed by atoms with van der Waals surface area (Å²) in [5, 5.41) is 2.52. The van der Waals surface area contributed by atoms with Crippen LogP contribution in [0.3, 0.4) is 0 Å². The highest BCUT2D eigenvalue weighted by Crippen LogP contribution is 2.24. The summed E-state index contributed by atoms with van der Waals surface area (Å²) >= 11 is 0. The van der Waals surface area contributed by atoms with Gasteiger partial charge in [-0.15, -0.1) is 0 Å². The van der Waals surface area contributed by atoms with Gasteiger partial charge in [-0.3, -0.25) is 9.10 Å². The van der Waals surface area contributed by atoms with Crippen molar-refractivity contribution < 1.29 is 22.7 Å². The summed E-state index contributed by atoms with van der Waals surface area (Å²) in [6.45, 7) is 2.35. The molecule has 0 aliphatic carbocycles. The Morgan fingerprint density at radius 3 is 2.50 bits per heavy atom. The molecule has 0 spiro atoms. The summed E-state index contributed by atoms with van der Waals surface area (Å²) in [6.07, 6.45) is 0.596. The second kappa shape index (κ2) is 6.78. The fourth-order valence-corrected chi connectivity index (χ4v) is 3.72. The van der Waals surface area contributed by atoms with E-state index in [0.29, 0.717) is 25.2 Å². The number of hydrogen-bond donors (Lipinski definition) is 1. The second-order valence-electron chi connectivity index (χ2n) is 4.82. The van der Waals surface area contributed by atoms with E-state index in [1.54, 1.807) is 19.1 Å². The lowest BCUT2D eigenvalue weighted by Crippen LogP contribution is -2.28. The van der Waals surface area contributed by atoms with Crippen LogP contribution < -0.4 is 9.62 Å². The highest BCUT2D eigenvalue weighted by Gasteiger charge is 2.28. The normalized spacial score (nSPS) is 16.3. The highest BCUT2D eigenvalue weighted by molar-refractivity contribution is 7.93. The van der Waals surface area contributed by atoms with Gasteiger partial charge >= 0.3 is 5.97 Å². The van der Waals surface area contributed by atoms with Crippen LogP contribution in [0.4, 0.5) is 5.69 Å². The number of rotatable bonds is 5. The van der Waals surface area contributed by atoms with Gasteiger partial charge in [-0.05, 0) is 37.6 Å². The van der Waals surface area contributed by atoms with Crippen LogP contribution in [0.25, 0.3) is 0 Å². The summed E-state index contributed by atoms with van der Waals surface area (Å²) in [4.78, 5) is 23.0. The van der Waals surface area contributed by atoms with Gasteiger partial charge < -0.3 is 10.1 Å². The van der Waals surface area contributed by atoms with E-state index in [1.165, 1.54) is 16.4 Å². The molecule has 0 radical (unpaired) electrons. The number of anilines is 1. The van der Waals surface area contributed by atoms with Crippen LogP contribution >= 0.6 is 0 Å². The first-order chi connectivity index (χ1) is 10.4. The predicted octanol–water partition coefficient (Wildman–Crippen LogP) is 0.519. The fourth-order valence-electron chi connectivity index (χ4n) is 2.16. The number of sulfonamides is 1. The predicted molar refractivity (Wildman–Crippen MR) is 81.2 cm³/mol. The van der Waals surface area contributed by atoms with Gasteiger partial charge in [-0.25, -0.2) is 13.2 Å². The maximum absolute atomic E-state index is 11.8. The van der Waals surface area contributed by atoms with Gasteiger partial charge in [0.1, 0.15) is 0 Å². The molecule has 7 nitrogen and oxygen atoms in total. The molecule has 0 atom stereocenters. The molecule has 8 heteroatoms. The first kappa shape index (κ1) is 16.3. The van der Waals surface area contributed by atoms with Gasteiger partial charge in [0.2, 0.25) is 10.0 Å². The van der Waals surface area contributed by atoms with E-state index < -0.39 is 16.0 Å². The zero-order chi connectivity index (χ0) is 16.2. The smallest absolute Gasteiger partial charge is 0.338 e. The molecule has 1 N–H and O–H groups in total. The van der Waals surface area contributed by atoms with Crippen LogP contribution in [-0.2, 0) is 19.6 Å². The van der Waals surface area contributed by atoms with Crippen molar-refractivity contribution in [3.63, 3.8) is 0 Å². The number of esters is 1. The number of nitrogens with one attached hydrogen (secondary N) is 1. The van der Waals surface area contributed by atoms with E-state index in [1.807, 2.05) is 0 Å². The van der Waals surface area contributed by atoms with Crippen LogP contribution in [0.5, 0.6) is 0 Å². The number of amides is 1. The highest BCUT2D eigenvalue weighted by atomic mass is 32.2. The van der Waals surface area contributed by atoms with E-state index in [-0.39, 0.29) is 23.8 Å². The topological polar surface area (TPSA) is 92.8 Å². The molecule has 1 saturated heterocycles. The van der Waals surface area contributed by atoms with Crippen molar-refractivity contribution in [1.82, 2.24) is 5.32 Å². The number of hydrogen-bond acceptors (Lipinski definition) is 5. The molecule has 1 aromatic rings. The van der Waals surface area contributed by atoms with Crippen LogP contribution in [-0.4, -0.2) is 45.7 Å². The van der Waals surface area contributed by atoms with E-state index in [4.69, 9.17) is 4.74 Å². The van der Waals surface area contributed by atoms with Crippen LogP contribution in [0.15, 0.2) is 24.3 Å². The van der Waals surface area contributed by atoms with Gasteiger partial charge in [0.05, 0.1) is 17.0 Å². The van der Waals surface area contributed by atoms with Gasteiger partial charge in [0.15, 0.2) is 6.61 Å². The van der Waals surface area contributed by atoms with Gasteiger partial charge in [-0.2, -0.15) is 0 Å². The van der Waals surface area contributed by atoms with Crippen LogP contribution in [0.1, 0.15) is 23.7 Å². The number of benzene rings is 1. The monoisotopic (exact) mass is 326 g/mol. The quantitative estimate of drug-likeness (QED) is 0.796. The second-order valence-corrected chi connectivity index (χ2v) is 6.83. The largest absolute Gasteiger partial charge is 0.452 e. The average molecular weight is 326 g/mol. The van der Waals surface area contributed by atoms with Crippen LogP contribution in [0.2, 0.25) is 0 Å². The SMILES string of the molecule is CCNC(=O)COC(=O)c1ccc(N2CCCS2(=O)=O)cc1. The molecular formula is C14H18N2O5S. The van der Waals surface area contributed by atoms with Crippen molar-refractivity contribution in [2.24, 2.45) is 0 Å². The molecule has 1 fully saturated rings. The Kier molecular flexibility index (Phi) is 5.02. The van der Waals surface area contributed by atoms with E-state index in [9.17, 15) is 18.0 Å². The lowest BCUT2D eigenvalue weighted by atomic mass is 10.2. The van der Waals surface area contributed by atoms with Crippen molar-refractivity contribution in [2.45, 2.75) is 13.3 Å². The number of ether oxygens (including phenoxy) is 1.